The second-order valence-corrected chi connectivity index (χ2v) is 6.27. The molecule has 2 atom stereocenters. The van der Waals surface area contributed by atoms with Gasteiger partial charge in [-0.3, -0.25) is 9.13 Å². The first-order chi connectivity index (χ1) is 10.2. The largest absolute Gasteiger partial charge is 0.346 e. The summed E-state index contributed by atoms with van der Waals surface area (Å²) in [4.78, 5) is 20.4. The van der Waals surface area contributed by atoms with E-state index in [1.165, 1.54) is 19.3 Å². The normalized spacial score (nSPS) is 23.1. The summed E-state index contributed by atoms with van der Waals surface area (Å²) in [7, 11) is 1.84. The van der Waals surface area contributed by atoms with Gasteiger partial charge in [-0.15, -0.1) is 0 Å². The molecule has 4 rings (SSSR count). The van der Waals surface area contributed by atoms with Crippen molar-refractivity contribution in [2.75, 3.05) is 0 Å². The molecular formula is C16H20N4O. The molecule has 1 aliphatic carbocycles. The number of rotatable bonds is 1. The highest BCUT2D eigenvalue weighted by Gasteiger charge is 2.27. The van der Waals surface area contributed by atoms with Crippen LogP contribution in [0.1, 0.15) is 38.6 Å². The number of hydrogen-bond donors (Lipinski definition) is 1. The number of nitrogens with one attached hydrogen (secondary N) is 1. The molecule has 1 saturated carbocycles. The molecule has 0 bridgehead atoms. The summed E-state index contributed by atoms with van der Waals surface area (Å²) in [5.41, 5.74) is 2.89. The van der Waals surface area contributed by atoms with E-state index in [1.807, 2.05) is 23.9 Å². The molecule has 0 aromatic carbocycles. The molecular weight excluding hydrogens is 264 g/mol. The maximum atomic E-state index is 12.8. The Morgan fingerprint density at radius 3 is 2.95 bits per heavy atom. The van der Waals surface area contributed by atoms with Crippen LogP contribution in [-0.4, -0.2) is 19.1 Å². The highest BCUT2D eigenvalue weighted by Crippen LogP contribution is 2.35. The lowest BCUT2D eigenvalue weighted by Crippen LogP contribution is -2.31. The molecule has 0 radical (unpaired) electrons. The van der Waals surface area contributed by atoms with E-state index in [0.29, 0.717) is 12.0 Å². The van der Waals surface area contributed by atoms with Crippen molar-refractivity contribution in [1.29, 1.82) is 0 Å². The summed E-state index contributed by atoms with van der Waals surface area (Å²) in [6.07, 6.45) is 8.48. The van der Waals surface area contributed by atoms with Crippen LogP contribution >= 0.6 is 0 Å². The van der Waals surface area contributed by atoms with Gasteiger partial charge in [0.2, 0.25) is 0 Å². The predicted molar refractivity (Wildman–Crippen MR) is 83.5 cm³/mol. The van der Waals surface area contributed by atoms with Gasteiger partial charge in [0.25, 0.3) is 0 Å². The number of hydrogen-bond acceptors (Lipinski definition) is 2. The molecule has 0 unspecified atom stereocenters. The first-order valence-corrected chi connectivity index (χ1v) is 7.71. The number of imidazole rings is 1. The van der Waals surface area contributed by atoms with E-state index in [4.69, 9.17) is 0 Å². The molecule has 0 saturated heterocycles. The Labute approximate surface area is 122 Å². The number of aromatic nitrogens is 4. The topological polar surface area (TPSA) is 55.6 Å². The van der Waals surface area contributed by atoms with Crippen LogP contribution in [0.3, 0.4) is 0 Å². The van der Waals surface area contributed by atoms with Crippen LogP contribution in [0.2, 0.25) is 0 Å². The predicted octanol–water partition coefficient (Wildman–Crippen LogP) is 2.97. The van der Waals surface area contributed by atoms with E-state index in [9.17, 15) is 4.79 Å². The molecule has 5 nitrogen and oxygen atoms in total. The van der Waals surface area contributed by atoms with Crippen molar-refractivity contribution in [2.24, 2.45) is 13.0 Å². The molecule has 1 N–H and O–H groups in total. The highest BCUT2D eigenvalue weighted by atomic mass is 16.1. The van der Waals surface area contributed by atoms with Gasteiger partial charge in [0.15, 0.2) is 0 Å². The fraction of sp³-hybridized carbons (Fsp3) is 0.500. The Bertz CT molecular complexity index is 870. The lowest BCUT2D eigenvalue weighted by atomic mass is 9.85. The van der Waals surface area contributed by atoms with Gasteiger partial charge in [-0.1, -0.05) is 19.8 Å². The van der Waals surface area contributed by atoms with Crippen molar-refractivity contribution in [1.82, 2.24) is 19.1 Å². The van der Waals surface area contributed by atoms with Crippen molar-refractivity contribution in [3.8, 4) is 0 Å². The van der Waals surface area contributed by atoms with Crippen LogP contribution in [0, 0.1) is 5.92 Å². The van der Waals surface area contributed by atoms with Crippen molar-refractivity contribution in [2.45, 2.75) is 38.6 Å². The number of pyridine rings is 1. The summed E-state index contributed by atoms with van der Waals surface area (Å²) in [6.45, 7) is 2.27. The summed E-state index contributed by atoms with van der Waals surface area (Å²) >= 11 is 0. The van der Waals surface area contributed by atoms with Gasteiger partial charge in [-0.25, -0.2) is 9.78 Å². The smallest absolute Gasteiger partial charge is 0.329 e. The second-order valence-electron chi connectivity index (χ2n) is 6.27. The molecule has 1 aliphatic rings. The monoisotopic (exact) mass is 284 g/mol. The van der Waals surface area contributed by atoms with Crippen molar-refractivity contribution in [3.05, 3.63) is 28.9 Å². The van der Waals surface area contributed by atoms with Crippen LogP contribution in [0.5, 0.6) is 0 Å². The van der Waals surface area contributed by atoms with Crippen molar-refractivity contribution in [3.63, 3.8) is 0 Å². The third-order valence-corrected chi connectivity index (χ3v) is 5.03. The molecule has 3 aromatic rings. The van der Waals surface area contributed by atoms with E-state index < -0.39 is 0 Å². The number of aromatic amines is 1. The average molecular weight is 284 g/mol. The zero-order valence-electron chi connectivity index (χ0n) is 12.5. The highest BCUT2D eigenvalue weighted by molar-refractivity contribution is 6.01. The lowest BCUT2D eigenvalue weighted by molar-refractivity contribution is 0.256. The third kappa shape index (κ3) is 1.69. The molecule has 0 amide bonds. The van der Waals surface area contributed by atoms with Crippen LogP contribution in [-0.2, 0) is 7.05 Å². The molecule has 3 aromatic heterocycles. The molecule has 110 valence electrons. The number of nitrogens with zero attached hydrogens (tertiary/aromatic N) is 3. The maximum absolute atomic E-state index is 12.8. The first kappa shape index (κ1) is 12.7. The Hall–Kier alpha value is -2.04. The van der Waals surface area contributed by atoms with E-state index in [-0.39, 0.29) is 5.69 Å². The summed E-state index contributed by atoms with van der Waals surface area (Å²) in [5.74, 6) is 0.546. The minimum atomic E-state index is 0.0826. The zero-order valence-corrected chi connectivity index (χ0v) is 12.5. The van der Waals surface area contributed by atoms with E-state index in [0.717, 1.165) is 28.5 Å². The average Bonchev–Trinajstić information content (AvgIpc) is 3.05. The van der Waals surface area contributed by atoms with Gasteiger partial charge in [0, 0.05) is 24.7 Å². The Balaban J connectivity index is 2.09. The zero-order chi connectivity index (χ0) is 14.6. The third-order valence-electron chi connectivity index (χ3n) is 5.03. The van der Waals surface area contributed by atoms with Gasteiger partial charge in [0.05, 0.1) is 17.2 Å². The lowest BCUT2D eigenvalue weighted by Gasteiger charge is -2.29. The van der Waals surface area contributed by atoms with Crippen molar-refractivity contribution >= 4 is 22.1 Å². The van der Waals surface area contributed by atoms with Gasteiger partial charge in [0.1, 0.15) is 5.65 Å². The molecule has 0 spiro atoms. The van der Waals surface area contributed by atoms with Gasteiger partial charge < -0.3 is 4.98 Å². The molecule has 21 heavy (non-hydrogen) atoms. The number of H-pyrrole nitrogens is 1. The van der Waals surface area contributed by atoms with Crippen LogP contribution in [0.15, 0.2) is 23.3 Å². The fourth-order valence-electron chi connectivity index (χ4n) is 3.83. The Kier molecular flexibility index (Phi) is 2.71. The standard InChI is InChI=1S/C16H20N4O/c1-10-5-3-4-6-12(10)20-14-11-7-8-17-15(11)18-9-13(14)19(2)16(20)21/h7-10,12H,3-6H2,1-2H3,(H,17,18)/t10-,12+/m1/s1. The Morgan fingerprint density at radius 2 is 2.14 bits per heavy atom. The van der Waals surface area contributed by atoms with Gasteiger partial charge in [-0.05, 0) is 24.8 Å². The van der Waals surface area contributed by atoms with E-state index in [2.05, 4.69) is 16.9 Å². The number of fused-ring (bicyclic) bond motifs is 3. The quantitative estimate of drug-likeness (QED) is 0.747. The number of aryl methyl sites for hydroxylation is 1. The van der Waals surface area contributed by atoms with Crippen LogP contribution < -0.4 is 5.69 Å². The summed E-state index contributed by atoms with van der Waals surface area (Å²) < 4.78 is 3.76. The molecule has 3 heterocycles. The summed E-state index contributed by atoms with van der Waals surface area (Å²) in [6, 6.07) is 2.32. The SMILES string of the molecule is C[C@@H]1CCCC[C@@H]1n1c(=O)n(C)c2cnc3[nH]ccc3c21. The van der Waals surface area contributed by atoms with E-state index >= 15 is 0 Å². The van der Waals surface area contributed by atoms with Gasteiger partial charge in [-0.2, -0.15) is 0 Å². The molecule has 5 heteroatoms. The summed E-state index contributed by atoms with van der Waals surface area (Å²) in [5, 5.41) is 1.04. The first-order valence-electron chi connectivity index (χ1n) is 7.71. The van der Waals surface area contributed by atoms with Crippen LogP contribution in [0.4, 0.5) is 0 Å². The van der Waals surface area contributed by atoms with Gasteiger partial charge >= 0.3 is 5.69 Å². The van der Waals surface area contributed by atoms with E-state index in [1.54, 1.807) is 10.8 Å². The Morgan fingerprint density at radius 1 is 1.33 bits per heavy atom. The van der Waals surface area contributed by atoms with Crippen molar-refractivity contribution < 1.29 is 0 Å². The van der Waals surface area contributed by atoms with Crippen LogP contribution in [0.25, 0.3) is 22.1 Å². The minimum Gasteiger partial charge on any atom is -0.346 e. The second kappa shape index (κ2) is 4.48. The maximum Gasteiger partial charge on any atom is 0.329 e. The molecule has 1 fully saturated rings. The molecule has 0 aliphatic heterocycles. The minimum absolute atomic E-state index is 0.0826. The fourth-order valence-corrected chi connectivity index (χ4v) is 3.83.